The van der Waals surface area contributed by atoms with Crippen molar-refractivity contribution in [1.29, 1.82) is 0 Å². The monoisotopic (exact) mass is 416 g/mol. The average Bonchev–Trinajstić information content (AvgIpc) is 2.85. The molecule has 0 fully saturated rings. The molecule has 0 saturated heterocycles. The van der Waals surface area contributed by atoms with E-state index in [-0.39, 0.29) is 24.8 Å². The zero-order valence-corrected chi connectivity index (χ0v) is 16.5. The summed E-state index contributed by atoms with van der Waals surface area (Å²) in [6.45, 7) is 0. The van der Waals surface area contributed by atoms with E-state index < -0.39 is 23.2 Å². The molecule has 0 amide bonds. The Hall–Kier alpha value is -1.14. The molecular formula is C20H16Cl2Zr. The molecule has 23 heavy (non-hydrogen) atoms. The maximum atomic E-state index is 2.33. The molecule has 0 atom stereocenters. The quantitative estimate of drug-likeness (QED) is 0.440. The van der Waals surface area contributed by atoms with Gasteiger partial charge in [-0.15, -0.1) is 24.8 Å². The number of rotatable bonds is 2. The minimum absolute atomic E-state index is 0. The first-order valence-corrected chi connectivity index (χ1v) is 9.60. The van der Waals surface area contributed by atoms with Gasteiger partial charge in [0.1, 0.15) is 0 Å². The van der Waals surface area contributed by atoms with Gasteiger partial charge in [0.2, 0.25) is 0 Å². The Labute approximate surface area is 161 Å². The van der Waals surface area contributed by atoms with Crippen molar-refractivity contribution in [2.75, 3.05) is 0 Å². The molecule has 0 aromatic rings. The molecule has 4 aliphatic carbocycles. The molecule has 0 N–H and O–H groups in total. The Bertz CT molecular complexity index is 773. The second kappa shape index (κ2) is 8.11. The molecule has 0 saturated carbocycles. The van der Waals surface area contributed by atoms with Gasteiger partial charge in [-0.1, -0.05) is 0 Å². The second-order valence-electron chi connectivity index (χ2n) is 5.18. The molecule has 0 spiro atoms. The fraction of sp³-hybridized carbons (Fsp3) is 0. The van der Waals surface area contributed by atoms with Crippen molar-refractivity contribution in [3.63, 3.8) is 0 Å². The van der Waals surface area contributed by atoms with Gasteiger partial charge in [-0.2, -0.15) is 0 Å². The number of hydrogen-bond acceptors (Lipinski definition) is 0. The molecule has 0 radical (unpaired) electrons. The van der Waals surface area contributed by atoms with Crippen LogP contribution in [0.2, 0.25) is 0 Å². The van der Waals surface area contributed by atoms with Crippen molar-refractivity contribution in [2.45, 2.75) is 0 Å². The van der Waals surface area contributed by atoms with Crippen LogP contribution in [0.5, 0.6) is 0 Å². The van der Waals surface area contributed by atoms with E-state index in [0.717, 1.165) is 0 Å². The van der Waals surface area contributed by atoms with Crippen LogP contribution in [-0.4, -0.2) is 0 Å². The van der Waals surface area contributed by atoms with E-state index in [1.54, 1.807) is 6.54 Å². The van der Waals surface area contributed by atoms with E-state index in [1.165, 1.54) is 22.3 Å². The van der Waals surface area contributed by atoms with Crippen LogP contribution in [0.25, 0.3) is 22.3 Å². The van der Waals surface area contributed by atoms with Gasteiger partial charge in [0, 0.05) is 0 Å². The fourth-order valence-electron chi connectivity index (χ4n) is 2.79. The van der Waals surface area contributed by atoms with Crippen LogP contribution in [0, 0.1) is 0 Å². The summed E-state index contributed by atoms with van der Waals surface area (Å²) in [6, 6.07) is 30.9. The predicted octanol–water partition coefficient (Wildman–Crippen LogP) is 4.77. The first kappa shape index (κ1) is 18.2. The van der Waals surface area contributed by atoms with Gasteiger partial charge in [0.05, 0.1) is 0 Å². The van der Waals surface area contributed by atoms with E-state index in [1.807, 2.05) is 0 Å². The van der Waals surface area contributed by atoms with Gasteiger partial charge in [-0.25, -0.2) is 0 Å². The van der Waals surface area contributed by atoms with Gasteiger partial charge in [-0.05, 0) is 0 Å². The summed E-state index contributed by atoms with van der Waals surface area (Å²) in [5.74, 6) is 0. The maximum absolute atomic E-state index is 2.33. The van der Waals surface area contributed by atoms with Crippen molar-refractivity contribution in [2.24, 2.45) is 0 Å². The van der Waals surface area contributed by atoms with Crippen molar-refractivity contribution in [3.05, 3.63) is 84.9 Å². The first-order valence-electron chi connectivity index (χ1n) is 7.14. The third-order valence-electron chi connectivity index (χ3n) is 3.85. The average molecular weight is 418 g/mol. The van der Waals surface area contributed by atoms with Crippen molar-refractivity contribution >= 4 is 31.4 Å². The van der Waals surface area contributed by atoms with E-state index in [0.29, 0.717) is 0 Å². The summed E-state index contributed by atoms with van der Waals surface area (Å²) in [5.41, 5.74) is 5.58. The van der Waals surface area contributed by atoms with Crippen molar-refractivity contribution < 1.29 is 23.2 Å². The molecule has 0 nitrogen and oxygen atoms in total. The van der Waals surface area contributed by atoms with E-state index in [4.69, 9.17) is 0 Å². The van der Waals surface area contributed by atoms with Gasteiger partial charge >= 0.3 is 137 Å². The number of halogens is 2. The van der Waals surface area contributed by atoms with Crippen LogP contribution in [0.1, 0.15) is 0 Å². The Morgan fingerprint density at radius 2 is 0.870 bits per heavy atom. The second-order valence-corrected chi connectivity index (χ2v) is 8.44. The van der Waals surface area contributed by atoms with E-state index in [9.17, 15) is 0 Å². The zero-order chi connectivity index (χ0) is 14.1. The first-order chi connectivity index (χ1) is 10.4. The van der Waals surface area contributed by atoms with Crippen LogP contribution < -0.4 is 6.54 Å². The molecule has 4 rings (SSSR count). The molecule has 0 unspecified atom stereocenters. The Balaban J connectivity index is 0.000000960. The third kappa shape index (κ3) is 3.69. The molecule has 114 valence electrons. The molecule has 3 heteroatoms. The van der Waals surface area contributed by atoms with Crippen LogP contribution in [0.4, 0.5) is 0 Å². The van der Waals surface area contributed by atoms with Gasteiger partial charge in [-0.3, -0.25) is 0 Å². The molecule has 0 aromatic heterocycles. The molecule has 0 aromatic carbocycles. The molecular weight excluding hydrogens is 402 g/mol. The fourth-order valence-corrected chi connectivity index (χ4v) is 6.11. The summed E-state index contributed by atoms with van der Waals surface area (Å²) in [7, 11) is 0. The van der Waals surface area contributed by atoms with Gasteiger partial charge < -0.3 is 0 Å². The van der Waals surface area contributed by atoms with Crippen molar-refractivity contribution in [3.8, 4) is 22.3 Å². The Morgan fingerprint density at radius 1 is 0.435 bits per heavy atom. The predicted molar refractivity (Wildman–Crippen MR) is 99.9 cm³/mol. The Kier molecular flexibility index (Phi) is 6.42. The van der Waals surface area contributed by atoms with Gasteiger partial charge in [0.15, 0.2) is 0 Å². The molecule has 0 heterocycles. The van der Waals surface area contributed by atoms with Crippen LogP contribution in [-0.2, 0) is 23.2 Å². The molecule has 4 aliphatic rings. The Morgan fingerprint density at radius 3 is 1.35 bits per heavy atom. The summed E-state index contributed by atoms with van der Waals surface area (Å²) in [6.07, 6.45) is 0. The van der Waals surface area contributed by atoms with Crippen LogP contribution >= 0.6 is 24.8 Å². The van der Waals surface area contributed by atoms with E-state index in [2.05, 4.69) is 84.9 Å². The summed E-state index contributed by atoms with van der Waals surface area (Å²) in [5, 5.41) is 0. The summed E-state index contributed by atoms with van der Waals surface area (Å²) < 4.78 is 3.15. The molecule has 0 aliphatic heterocycles. The minimum atomic E-state index is -0.774. The third-order valence-corrected chi connectivity index (χ3v) is 7.32. The van der Waals surface area contributed by atoms with Crippen LogP contribution in [0.15, 0.2) is 84.9 Å². The number of hydrogen-bond donors (Lipinski definition) is 0. The topological polar surface area (TPSA) is 0 Å². The molecule has 0 bridgehead atoms. The standard InChI is InChI=1S/2C10H7.2ClH.Zr/c2*1-2-5-9-7-4-8-10(9)6-3-1;;;/h2*1-7H;2*1H;. The summed E-state index contributed by atoms with van der Waals surface area (Å²) >= 11 is -0.774. The van der Waals surface area contributed by atoms with E-state index >= 15 is 0 Å². The zero-order valence-electron chi connectivity index (χ0n) is 12.4. The van der Waals surface area contributed by atoms with Crippen LogP contribution in [0.3, 0.4) is 0 Å². The van der Waals surface area contributed by atoms with Gasteiger partial charge in [0.25, 0.3) is 0 Å². The number of fused-ring (bicyclic) bond motifs is 2. The normalized spacial score (nSPS) is 9.91. The summed E-state index contributed by atoms with van der Waals surface area (Å²) in [4.78, 5) is 0. The van der Waals surface area contributed by atoms with Crippen molar-refractivity contribution in [1.82, 2.24) is 0 Å². The SMILES string of the molecule is Cl.Cl.c1ccc2cc[c]([Zr][c]3ccc4cccccc3-4)c-2cc1.